The number of nitrogens with two attached hydrogens (primary N) is 1. The molecule has 2 heteroatoms. The van der Waals surface area contributed by atoms with Crippen LogP contribution in [0.25, 0.3) is 0 Å². The van der Waals surface area contributed by atoms with Gasteiger partial charge in [-0.1, -0.05) is 78.9 Å². The average molecular weight is 286 g/mol. The Morgan fingerprint density at radius 3 is 2.00 bits per heavy atom. The third kappa shape index (κ3) is 3.23. The Bertz CT molecular complexity index is 762. The second-order valence-corrected chi connectivity index (χ2v) is 5.10. The Hall–Kier alpha value is -2.87. The molecule has 0 radical (unpaired) electrons. The van der Waals surface area contributed by atoms with Crippen LogP contribution in [0.4, 0.5) is 5.69 Å². The fourth-order valence-corrected chi connectivity index (χ4v) is 2.39. The van der Waals surface area contributed by atoms with Gasteiger partial charge in [0.15, 0.2) is 0 Å². The maximum Gasteiger partial charge on any atom is 0.0743 e. The molecule has 0 heterocycles. The molecule has 0 aromatic heterocycles. The molecule has 2 nitrogen and oxygen atoms in total. The van der Waals surface area contributed by atoms with Crippen molar-refractivity contribution in [3.63, 3.8) is 0 Å². The third-order valence-corrected chi connectivity index (χ3v) is 3.53. The first-order valence-electron chi connectivity index (χ1n) is 7.33. The second-order valence-electron chi connectivity index (χ2n) is 5.10. The fourth-order valence-electron chi connectivity index (χ4n) is 2.39. The number of rotatable bonds is 4. The number of nitrogens with zero attached hydrogens (tertiary/aromatic N) is 1. The Kier molecular flexibility index (Phi) is 4.30. The lowest BCUT2D eigenvalue weighted by molar-refractivity contribution is 1.07. The lowest BCUT2D eigenvalue weighted by atomic mass is 10.0. The molecule has 108 valence electrons. The molecule has 0 saturated carbocycles. The van der Waals surface area contributed by atoms with Crippen LogP contribution in [-0.4, -0.2) is 5.71 Å². The standard InChI is InChI=1S/C20H18N2/c21-19-14-8-7-13-18(19)20(17-11-5-2-6-12-17)22-15-16-9-3-1-4-10-16/h1-14H,15,21H2. The van der Waals surface area contributed by atoms with E-state index in [-0.39, 0.29) is 0 Å². The molecule has 3 rings (SSSR count). The number of para-hydroxylation sites is 1. The van der Waals surface area contributed by atoms with Crippen LogP contribution in [0.1, 0.15) is 16.7 Å². The Labute approximate surface area is 131 Å². The van der Waals surface area contributed by atoms with Gasteiger partial charge in [-0.15, -0.1) is 0 Å². The molecule has 3 aromatic rings. The van der Waals surface area contributed by atoms with Crippen LogP contribution in [0.15, 0.2) is 89.9 Å². The minimum atomic E-state index is 0.638. The van der Waals surface area contributed by atoms with Gasteiger partial charge in [-0.3, -0.25) is 4.99 Å². The molecule has 22 heavy (non-hydrogen) atoms. The molecule has 2 N–H and O–H groups in total. The molecular weight excluding hydrogens is 268 g/mol. The molecule has 0 fully saturated rings. The highest BCUT2D eigenvalue weighted by Gasteiger charge is 2.09. The first kappa shape index (κ1) is 14.1. The van der Waals surface area contributed by atoms with Gasteiger partial charge in [0.2, 0.25) is 0 Å². The molecule has 0 saturated heterocycles. The van der Waals surface area contributed by atoms with Crippen LogP contribution in [0.5, 0.6) is 0 Å². The number of anilines is 1. The predicted octanol–water partition coefficient (Wildman–Crippen LogP) is 4.31. The van der Waals surface area contributed by atoms with Crippen LogP contribution >= 0.6 is 0 Å². The van der Waals surface area contributed by atoms with E-state index >= 15 is 0 Å². The van der Waals surface area contributed by atoms with Gasteiger partial charge in [-0.2, -0.15) is 0 Å². The molecule has 0 aliphatic rings. The van der Waals surface area contributed by atoms with Crippen molar-refractivity contribution >= 4 is 11.4 Å². The van der Waals surface area contributed by atoms with Crippen molar-refractivity contribution in [1.29, 1.82) is 0 Å². The van der Waals surface area contributed by atoms with Crippen molar-refractivity contribution in [3.05, 3.63) is 102 Å². The Balaban J connectivity index is 2.02. The van der Waals surface area contributed by atoms with E-state index in [1.807, 2.05) is 60.7 Å². The van der Waals surface area contributed by atoms with Crippen molar-refractivity contribution in [3.8, 4) is 0 Å². The summed E-state index contributed by atoms with van der Waals surface area (Å²) in [6.07, 6.45) is 0. The Morgan fingerprint density at radius 1 is 0.727 bits per heavy atom. The zero-order valence-electron chi connectivity index (χ0n) is 12.3. The van der Waals surface area contributed by atoms with Crippen molar-refractivity contribution in [2.45, 2.75) is 6.54 Å². The van der Waals surface area contributed by atoms with E-state index in [0.717, 1.165) is 22.5 Å². The van der Waals surface area contributed by atoms with Gasteiger partial charge in [-0.25, -0.2) is 0 Å². The summed E-state index contributed by atoms with van der Waals surface area (Å²) in [6, 6.07) is 28.3. The summed E-state index contributed by atoms with van der Waals surface area (Å²) in [5.41, 5.74) is 11.1. The van der Waals surface area contributed by atoms with Gasteiger partial charge in [0, 0.05) is 16.8 Å². The lowest BCUT2D eigenvalue weighted by Gasteiger charge is -2.10. The zero-order valence-corrected chi connectivity index (χ0v) is 12.3. The molecular formula is C20H18N2. The fraction of sp³-hybridized carbons (Fsp3) is 0.0500. The summed E-state index contributed by atoms with van der Waals surface area (Å²) >= 11 is 0. The van der Waals surface area contributed by atoms with Crippen LogP contribution in [-0.2, 0) is 6.54 Å². The average Bonchev–Trinajstić information content (AvgIpc) is 2.58. The zero-order chi connectivity index (χ0) is 15.2. The lowest BCUT2D eigenvalue weighted by Crippen LogP contribution is -2.07. The van der Waals surface area contributed by atoms with Gasteiger partial charge >= 0.3 is 0 Å². The number of benzene rings is 3. The quantitative estimate of drug-likeness (QED) is 0.563. The number of aliphatic imine (C=N–C) groups is 1. The topological polar surface area (TPSA) is 38.4 Å². The van der Waals surface area contributed by atoms with E-state index in [9.17, 15) is 0 Å². The van der Waals surface area contributed by atoms with E-state index in [1.54, 1.807) is 0 Å². The second kappa shape index (κ2) is 6.72. The van der Waals surface area contributed by atoms with E-state index in [4.69, 9.17) is 10.7 Å². The molecule has 0 atom stereocenters. The van der Waals surface area contributed by atoms with Gasteiger partial charge in [0.25, 0.3) is 0 Å². The van der Waals surface area contributed by atoms with Crippen LogP contribution in [0, 0.1) is 0 Å². The first-order valence-corrected chi connectivity index (χ1v) is 7.33. The summed E-state index contributed by atoms with van der Waals surface area (Å²) in [6.45, 7) is 0.638. The van der Waals surface area contributed by atoms with E-state index in [2.05, 4.69) is 24.3 Å². The van der Waals surface area contributed by atoms with E-state index in [0.29, 0.717) is 6.54 Å². The molecule has 3 aromatic carbocycles. The highest BCUT2D eigenvalue weighted by atomic mass is 14.7. The molecule has 0 aliphatic heterocycles. The van der Waals surface area contributed by atoms with Crippen molar-refractivity contribution in [2.24, 2.45) is 4.99 Å². The smallest absolute Gasteiger partial charge is 0.0743 e. The van der Waals surface area contributed by atoms with E-state index in [1.165, 1.54) is 5.56 Å². The third-order valence-electron chi connectivity index (χ3n) is 3.53. The van der Waals surface area contributed by atoms with Crippen molar-refractivity contribution in [2.75, 3.05) is 5.73 Å². The van der Waals surface area contributed by atoms with Crippen LogP contribution < -0.4 is 5.73 Å². The number of nitrogen functional groups attached to an aromatic ring is 1. The van der Waals surface area contributed by atoms with Gasteiger partial charge in [0.1, 0.15) is 0 Å². The summed E-state index contributed by atoms with van der Waals surface area (Å²) in [4.78, 5) is 4.83. The number of hydrogen-bond acceptors (Lipinski definition) is 2. The largest absolute Gasteiger partial charge is 0.398 e. The van der Waals surface area contributed by atoms with E-state index < -0.39 is 0 Å². The maximum atomic E-state index is 6.15. The summed E-state index contributed by atoms with van der Waals surface area (Å²) in [5, 5.41) is 0. The highest BCUT2D eigenvalue weighted by molar-refractivity contribution is 6.15. The maximum absolute atomic E-state index is 6.15. The normalized spacial score (nSPS) is 11.4. The summed E-state index contributed by atoms with van der Waals surface area (Å²) in [7, 11) is 0. The van der Waals surface area contributed by atoms with Crippen LogP contribution in [0.3, 0.4) is 0 Å². The summed E-state index contributed by atoms with van der Waals surface area (Å²) in [5.74, 6) is 0. The first-order chi connectivity index (χ1) is 10.8. The SMILES string of the molecule is Nc1ccccc1C(=NCc1ccccc1)c1ccccc1. The van der Waals surface area contributed by atoms with Crippen LogP contribution in [0.2, 0.25) is 0 Å². The molecule has 0 amide bonds. The Morgan fingerprint density at radius 2 is 1.32 bits per heavy atom. The predicted molar refractivity (Wildman–Crippen MR) is 93.1 cm³/mol. The van der Waals surface area contributed by atoms with Crippen molar-refractivity contribution < 1.29 is 0 Å². The molecule has 0 unspecified atom stereocenters. The number of hydrogen-bond donors (Lipinski definition) is 1. The molecule has 0 spiro atoms. The van der Waals surface area contributed by atoms with Gasteiger partial charge in [-0.05, 0) is 11.6 Å². The van der Waals surface area contributed by atoms with Gasteiger partial charge in [0.05, 0.1) is 12.3 Å². The molecule has 0 aliphatic carbocycles. The van der Waals surface area contributed by atoms with Crippen molar-refractivity contribution in [1.82, 2.24) is 0 Å². The molecule has 0 bridgehead atoms. The highest BCUT2D eigenvalue weighted by Crippen LogP contribution is 2.18. The monoisotopic (exact) mass is 286 g/mol. The minimum absolute atomic E-state index is 0.638. The summed E-state index contributed by atoms with van der Waals surface area (Å²) < 4.78 is 0. The minimum Gasteiger partial charge on any atom is -0.398 e. The van der Waals surface area contributed by atoms with Gasteiger partial charge < -0.3 is 5.73 Å².